The van der Waals surface area contributed by atoms with Crippen LogP contribution < -0.4 is 5.32 Å². The van der Waals surface area contributed by atoms with E-state index >= 15 is 0 Å². The molecule has 0 aliphatic heterocycles. The first-order valence-electron chi connectivity index (χ1n) is 6.14. The molecule has 0 radical (unpaired) electrons. The van der Waals surface area contributed by atoms with Gasteiger partial charge in [-0.05, 0) is 18.1 Å². The molecule has 1 N–H and O–H groups in total. The number of hydrogen-bond acceptors (Lipinski definition) is 4. The van der Waals surface area contributed by atoms with Crippen molar-refractivity contribution in [2.75, 3.05) is 12.4 Å². The van der Waals surface area contributed by atoms with Crippen molar-refractivity contribution in [2.24, 2.45) is 0 Å². The van der Waals surface area contributed by atoms with Gasteiger partial charge in [0.05, 0.1) is 6.42 Å². The molecule has 0 amide bonds. The SMILES string of the molecule is CNc1cc(C(C)C)nc(Cc2ccccn2)n1. The normalized spacial score (nSPS) is 10.7. The quantitative estimate of drug-likeness (QED) is 0.895. The average molecular weight is 242 g/mol. The van der Waals surface area contributed by atoms with E-state index in [-0.39, 0.29) is 0 Å². The molecule has 4 nitrogen and oxygen atoms in total. The summed E-state index contributed by atoms with van der Waals surface area (Å²) in [6, 6.07) is 7.87. The van der Waals surface area contributed by atoms with Gasteiger partial charge in [0.25, 0.3) is 0 Å². The maximum atomic E-state index is 4.59. The number of hydrogen-bond donors (Lipinski definition) is 1. The van der Waals surface area contributed by atoms with E-state index in [4.69, 9.17) is 0 Å². The lowest BCUT2D eigenvalue weighted by atomic mass is 10.1. The summed E-state index contributed by atoms with van der Waals surface area (Å²) in [5.74, 6) is 2.06. The van der Waals surface area contributed by atoms with Crippen LogP contribution in [0.1, 0.15) is 37.0 Å². The van der Waals surface area contributed by atoms with Crippen molar-refractivity contribution in [3.63, 3.8) is 0 Å². The van der Waals surface area contributed by atoms with Gasteiger partial charge < -0.3 is 5.32 Å². The third kappa shape index (κ3) is 3.03. The van der Waals surface area contributed by atoms with Gasteiger partial charge in [0, 0.05) is 30.7 Å². The van der Waals surface area contributed by atoms with Gasteiger partial charge in [0.1, 0.15) is 11.6 Å². The fourth-order valence-corrected chi connectivity index (χ4v) is 1.69. The molecule has 0 unspecified atom stereocenters. The van der Waals surface area contributed by atoms with Crippen LogP contribution in [0.3, 0.4) is 0 Å². The van der Waals surface area contributed by atoms with Crippen LogP contribution in [0.5, 0.6) is 0 Å². The van der Waals surface area contributed by atoms with E-state index < -0.39 is 0 Å². The highest BCUT2D eigenvalue weighted by molar-refractivity contribution is 5.36. The summed E-state index contributed by atoms with van der Waals surface area (Å²) in [6.07, 6.45) is 2.46. The zero-order valence-corrected chi connectivity index (χ0v) is 11.0. The standard InChI is InChI=1S/C14H18N4/c1-10(2)12-9-13(15-3)18-14(17-12)8-11-6-4-5-7-16-11/h4-7,9-10H,8H2,1-3H3,(H,15,17,18). The number of aromatic nitrogens is 3. The molecule has 18 heavy (non-hydrogen) atoms. The van der Waals surface area contributed by atoms with Crippen molar-refractivity contribution in [2.45, 2.75) is 26.2 Å². The minimum absolute atomic E-state index is 0.391. The highest BCUT2D eigenvalue weighted by atomic mass is 15.0. The van der Waals surface area contributed by atoms with Crippen LogP contribution in [-0.2, 0) is 6.42 Å². The molecule has 4 heteroatoms. The fraction of sp³-hybridized carbons (Fsp3) is 0.357. The van der Waals surface area contributed by atoms with E-state index in [9.17, 15) is 0 Å². The molecule has 0 saturated heterocycles. The van der Waals surface area contributed by atoms with Crippen LogP contribution in [0.4, 0.5) is 5.82 Å². The van der Waals surface area contributed by atoms with E-state index in [0.717, 1.165) is 23.0 Å². The predicted molar refractivity (Wildman–Crippen MR) is 72.7 cm³/mol. The molecule has 94 valence electrons. The Hall–Kier alpha value is -1.97. The van der Waals surface area contributed by atoms with Crippen molar-refractivity contribution in [3.8, 4) is 0 Å². The van der Waals surface area contributed by atoms with Crippen LogP contribution in [0, 0.1) is 0 Å². The van der Waals surface area contributed by atoms with E-state index in [1.807, 2.05) is 31.3 Å². The molecule has 0 saturated carbocycles. The first-order valence-corrected chi connectivity index (χ1v) is 6.14. The Morgan fingerprint density at radius 2 is 2.06 bits per heavy atom. The highest BCUT2D eigenvalue weighted by Crippen LogP contribution is 2.16. The van der Waals surface area contributed by atoms with Crippen molar-refractivity contribution >= 4 is 5.82 Å². The third-order valence-electron chi connectivity index (χ3n) is 2.71. The summed E-state index contributed by atoms with van der Waals surface area (Å²) in [4.78, 5) is 13.4. The van der Waals surface area contributed by atoms with E-state index in [2.05, 4.69) is 34.1 Å². The Morgan fingerprint density at radius 3 is 2.67 bits per heavy atom. The van der Waals surface area contributed by atoms with Gasteiger partial charge >= 0.3 is 0 Å². The Labute approximate surface area is 108 Å². The lowest BCUT2D eigenvalue weighted by Gasteiger charge is -2.09. The van der Waals surface area contributed by atoms with Crippen LogP contribution in [0.2, 0.25) is 0 Å². The number of nitrogens with zero attached hydrogens (tertiary/aromatic N) is 3. The molecule has 2 aromatic rings. The number of nitrogens with one attached hydrogen (secondary N) is 1. The van der Waals surface area contributed by atoms with Gasteiger partial charge in [-0.2, -0.15) is 0 Å². The Kier molecular flexibility index (Phi) is 3.87. The second-order valence-electron chi connectivity index (χ2n) is 4.50. The molecule has 0 aliphatic rings. The largest absolute Gasteiger partial charge is 0.373 e. The maximum Gasteiger partial charge on any atom is 0.136 e. The second kappa shape index (κ2) is 5.58. The lowest BCUT2D eigenvalue weighted by Crippen LogP contribution is -2.06. The number of rotatable bonds is 4. The van der Waals surface area contributed by atoms with Crippen LogP contribution in [0.15, 0.2) is 30.5 Å². The summed E-state index contributed by atoms with van der Waals surface area (Å²) in [5.41, 5.74) is 2.04. The van der Waals surface area contributed by atoms with E-state index in [1.54, 1.807) is 6.20 Å². The van der Waals surface area contributed by atoms with Crippen LogP contribution in [-0.4, -0.2) is 22.0 Å². The first kappa shape index (κ1) is 12.5. The van der Waals surface area contributed by atoms with Gasteiger partial charge in [-0.25, -0.2) is 9.97 Å². The summed E-state index contributed by atoms with van der Waals surface area (Å²) >= 11 is 0. The summed E-state index contributed by atoms with van der Waals surface area (Å²) < 4.78 is 0. The van der Waals surface area contributed by atoms with Gasteiger partial charge in [-0.3, -0.25) is 4.98 Å². The van der Waals surface area contributed by atoms with Crippen LogP contribution in [0.25, 0.3) is 0 Å². The Balaban J connectivity index is 2.30. The molecule has 2 heterocycles. The Morgan fingerprint density at radius 1 is 1.22 bits per heavy atom. The van der Waals surface area contributed by atoms with Gasteiger partial charge in [0.15, 0.2) is 0 Å². The van der Waals surface area contributed by atoms with E-state index in [1.165, 1.54) is 0 Å². The minimum Gasteiger partial charge on any atom is -0.373 e. The molecule has 0 aliphatic carbocycles. The molecule has 2 aromatic heterocycles. The molecule has 0 atom stereocenters. The molecule has 0 fully saturated rings. The summed E-state index contributed by atoms with van der Waals surface area (Å²) in [7, 11) is 1.87. The zero-order valence-electron chi connectivity index (χ0n) is 11.0. The predicted octanol–water partition coefficient (Wildman–Crippen LogP) is 2.63. The maximum absolute atomic E-state index is 4.59. The Bertz CT molecular complexity index is 508. The minimum atomic E-state index is 0.391. The zero-order chi connectivity index (χ0) is 13.0. The monoisotopic (exact) mass is 242 g/mol. The van der Waals surface area contributed by atoms with Crippen molar-refractivity contribution < 1.29 is 0 Å². The number of pyridine rings is 1. The lowest BCUT2D eigenvalue weighted by molar-refractivity contribution is 0.789. The topological polar surface area (TPSA) is 50.7 Å². The van der Waals surface area contributed by atoms with Gasteiger partial charge in [-0.15, -0.1) is 0 Å². The van der Waals surface area contributed by atoms with Crippen molar-refractivity contribution in [3.05, 3.63) is 47.7 Å². The molecule has 0 spiro atoms. The smallest absolute Gasteiger partial charge is 0.136 e. The van der Waals surface area contributed by atoms with Gasteiger partial charge in [-0.1, -0.05) is 19.9 Å². The molecular weight excluding hydrogens is 224 g/mol. The second-order valence-corrected chi connectivity index (χ2v) is 4.50. The highest BCUT2D eigenvalue weighted by Gasteiger charge is 2.08. The van der Waals surface area contributed by atoms with E-state index in [0.29, 0.717) is 12.3 Å². The van der Waals surface area contributed by atoms with Crippen molar-refractivity contribution in [1.82, 2.24) is 15.0 Å². The molecular formula is C14H18N4. The molecule has 0 bridgehead atoms. The fourth-order valence-electron chi connectivity index (χ4n) is 1.69. The molecule has 0 aromatic carbocycles. The van der Waals surface area contributed by atoms with Crippen LogP contribution >= 0.6 is 0 Å². The first-order chi connectivity index (χ1) is 8.69. The third-order valence-corrected chi connectivity index (χ3v) is 2.71. The molecule has 2 rings (SSSR count). The summed E-state index contributed by atoms with van der Waals surface area (Å²) in [5, 5.41) is 3.08. The van der Waals surface area contributed by atoms with Gasteiger partial charge in [0.2, 0.25) is 0 Å². The number of anilines is 1. The summed E-state index contributed by atoms with van der Waals surface area (Å²) in [6.45, 7) is 4.26. The van der Waals surface area contributed by atoms with Crippen molar-refractivity contribution in [1.29, 1.82) is 0 Å². The average Bonchev–Trinajstić information content (AvgIpc) is 2.39.